The summed E-state index contributed by atoms with van der Waals surface area (Å²) in [5, 5.41) is 27.4. The number of imidazole rings is 1. The Morgan fingerprint density at radius 1 is 1.35 bits per heavy atom. The monoisotopic (exact) mass is 434 g/mol. The van der Waals surface area contributed by atoms with Crippen LogP contribution < -0.4 is 21.7 Å². The molecular formula is C20H15ClN8O2. The van der Waals surface area contributed by atoms with E-state index in [1.165, 1.54) is 0 Å². The molecule has 1 aliphatic rings. The van der Waals surface area contributed by atoms with Crippen molar-refractivity contribution in [2.45, 2.75) is 18.9 Å². The van der Waals surface area contributed by atoms with Crippen molar-refractivity contribution in [1.82, 2.24) is 24.6 Å². The van der Waals surface area contributed by atoms with E-state index in [1.807, 2.05) is 6.07 Å². The molecule has 154 valence electrons. The second-order valence-electron chi connectivity index (χ2n) is 7.11. The maximum Gasteiger partial charge on any atom is 0.326 e. The number of H-pyrrole nitrogens is 2. The standard InChI is InChI=1S/C20H15ClN8O2/c21-14-6-13(2-1-10(14)8-22)24-16-7-17(25-12-3-4-12)29-18(27-16)11(9-23-29)5-15-19(30)28-20(31)26-15/h1-2,5-7,9,12,24,30H,3-4H2,(H2,26,28,31)/b11-5+,25-17?. The van der Waals surface area contributed by atoms with Crippen LogP contribution in [-0.2, 0) is 0 Å². The number of halogens is 1. The Balaban J connectivity index is 1.65. The first-order valence-electron chi connectivity index (χ1n) is 9.42. The highest BCUT2D eigenvalue weighted by Gasteiger charge is 2.20. The van der Waals surface area contributed by atoms with Gasteiger partial charge in [0.25, 0.3) is 0 Å². The highest BCUT2D eigenvalue weighted by Crippen LogP contribution is 2.24. The summed E-state index contributed by atoms with van der Waals surface area (Å²) in [5.41, 5.74) is 1.87. The summed E-state index contributed by atoms with van der Waals surface area (Å²) >= 11 is 6.14. The molecule has 5 rings (SSSR count). The van der Waals surface area contributed by atoms with Gasteiger partial charge < -0.3 is 15.4 Å². The van der Waals surface area contributed by atoms with Crippen LogP contribution in [0.3, 0.4) is 0 Å². The lowest BCUT2D eigenvalue weighted by molar-refractivity contribution is 0.454. The van der Waals surface area contributed by atoms with E-state index in [9.17, 15) is 9.90 Å². The Labute approximate surface area is 179 Å². The van der Waals surface area contributed by atoms with Crippen molar-refractivity contribution in [3.8, 4) is 11.9 Å². The van der Waals surface area contributed by atoms with Gasteiger partial charge in [0.1, 0.15) is 17.6 Å². The van der Waals surface area contributed by atoms with Gasteiger partial charge in [-0.1, -0.05) is 11.6 Å². The van der Waals surface area contributed by atoms with Crippen LogP contribution in [0.1, 0.15) is 24.1 Å². The van der Waals surface area contributed by atoms with Crippen LogP contribution in [-0.4, -0.2) is 35.7 Å². The molecular weight excluding hydrogens is 420 g/mol. The number of aromatic amines is 2. The molecule has 0 unspecified atom stereocenters. The number of benzene rings is 1. The number of fused-ring (bicyclic) bond motifs is 1. The molecule has 0 spiro atoms. The highest BCUT2D eigenvalue weighted by atomic mass is 35.5. The smallest absolute Gasteiger partial charge is 0.326 e. The van der Waals surface area contributed by atoms with Crippen LogP contribution in [0.5, 0.6) is 5.88 Å². The van der Waals surface area contributed by atoms with Gasteiger partial charge in [-0.3, -0.25) is 9.98 Å². The Morgan fingerprint density at radius 2 is 2.19 bits per heavy atom. The Morgan fingerprint density at radius 3 is 2.87 bits per heavy atom. The summed E-state index contributed by atoms with van der Waals surface area (Å²) in [4.78, 5) is 25.6. The second-order valence-corrected chi connectivity index (χ2v) is 7.52. The Bertz CT molecular complexity index is 1540. The van der Waals surface area contributed by atoms with Crippen LogP contribution >= 0.6 is 11.6 Å². The van der Waals surface area contributed by atoms with Gasteiger partial charge in [-0.05, 0) is 37.1 Å². The normalized spacial score (nSPS) is 14.8. The number of hydrogen-bond donors (Lipinski definition) is 4. The molecule has 0 bridgehead atoms. The molecule has 4 aromatic rings. The van der Waals surface area contributed by atoms with Gasteiger partial charge in [0.15, 0.2) is 11.1 Å². The van der Waals surface area contributed by atoms with Crippen molar-refractivity contribution in [3.63, 3.8) is 0 Å². The third-order valence-corrected chi connectivity index (χ3v) is 5.05. The number of nitrogens with zero attached hydrogens (tertiary/aromatic N) is 5. The topological polar surface area (TPSA) is 147 Å². The van der Waals surface area contributed by atoms with Gasteiger partial charge in [-0.25, -0.2) is 9.78 Å². The highest BCUT2D eigenvalue weighted by molar-refractivity contribution is 6.32. The zero-order valence-electron chi connectivity index (χ0n) is 15.9. The summed E-state index contributed by atoms with van der Waals surface area (Å²) < 4.78 is 1.61. The molecule has 1 aromatic carbocycles. The lowest BCUT2D eigenvalue weighted by atomic mass is 10.2. The third-order valence-electron chi connectivity index (χ3n) is 4.74. The first-order valence-corrected chi connectivity index (χ1v) is 9.80. The fourth-order valence-electron chi connectivity index (χ4n) is 3.09. The summed E-state index contributed by atoms with van der Waals surface area (Å²) in [5.74, 6) is 0.239. The maximum atomic E-state index is 11.4. The minimum absolute atomic E-state index is 0.222. The molecule has 0 aliphatic heterocycles. The van der Waals surface area contributed by atoms with E-state index in [2.05, 4.69) is 25.4 Å². The molecule has 11 heteroatoms. The molecule has 4 N–H and O–H groups in total. The zero-order valence-corrected chi connectivity index (χ0v) is 16.7. The van der Waals surface area contributed by atoms with Gasteiger partial charge in [0.2, 0.25) is 5.88 Å². The minimum Gasteiger partial charge on any atom is -0.493 e. The van der Waals surface area contributed by atoms with Gasteiger partial charge in [-0.2, -0.15) is 14.9 Å². The Hall–Kier alpha value is -4.10. The molecule has 31 heavy (non-hydrogen) atoms. The largest absolute Gasteiger partial charge is 0.493 e. The fourth-order valence-corrected chi connectivity index (χ4v) is 3.31. The molecule has 3 heterocycles. The van der Waals surface area contributed by atoms with Crippen molar-refractivity contribution in [1.29, 1.82) is 5.26 Å². The van der Waals surface area contributed by atoms with Crippen molar-refractivity contribution in [2.75, 3.05) is 5.32 Å². The number of nitrogens with one attached hydrogen (secondary N) is 3. The van der Waals surface area contributed by atoms with Crippen molar-refractivity contribution in [2.24, 2.45) is 4.99 Å². The summed E-state index contributed by atoms with van der Waals surface area (Å²) in [7, 11) is 0. The first-order chi connectivity index (χ1) is 15.0. The number of anilines is 2. The van der Waals surface area contributed by atoms with Gasteiger partial charge >= 0.3 is 5.69 Å². The van der Waals surface area contributed by atoms with Crippen LogP contribution in [0.25, 0.3) is 11.7 Å². The quantitative estimate of drug-likeness (QED) is 0.381. The molecule has 3 aromatic heterocycles. The van der Waals surface area contributed by atoms with Crippen LogP contribution in [0.2, 0.25) is 5.02 Å². The average molecular weight is 435 g/mol. The molecule has 10 nitrogen and oxygen atoms in total. The molecule has 1 fully saturated rings. The van der Waals surface area contributed by atoms with Gasteiger partial charge in [-0.15, -0.1) is 0 Å². The van der Waals surface area contributed by atoms with E-state index in [0.29, 0.717) is 38.4 Å². The van der Waals surface area contributed by atoms with E-state index >= 15 is 0 Å². The van der Waals surface area contributed by atoms with E-state index < -0.39 is 5.69 Å². The average Bonchev–Trinajstić information content (AvgIpc) is 3.37. The van der Waals surface area contributed by atoms with E-state index in [1.54, 1.807) is 41.1 Å². The van der Waals surface area contributed by atoms with Crippen LogP contribution in [0.4, 0.5) is 11.5 Å². The number of aromatic hydroxyl groups is 1. The summed E-state index contributed by atoms with van der Waals surface area (Å²) in [6, 6.07) is 9.07. The molecule has 0 radical (unpaired) electrons. The first kappa shape index (κ1) is 18.9. The molecule has 0 amide bonds. The third kappa shape index (κ3) is 3.74. The van der Waals surface area contributed by atoms with E-state index in [4.69, 9.17) is 21.9 Å². The van der Waals surface area contributed by atoms with Gasteiger partial charge in [0.05, 0.1) is 22.8 Å². The summed E-state index contributed by atoms with van der Waals surface area (Å²) in [6.07, 6.45) is 5.21. The SMILES string of the molecule is N#Cc1ccc(Nc2cc(=NC3CC3)n3nc/c(=C\c4[nH]c(=O)[nH]c4O)c3n2)cc1Cl. The second kappa shape index (κ2) is 7.30. The molecule has 1 saturated carbocycles. The number of nitriles is 1. The van der Waals surface area contributed by atoms with Crippen LogP contribution in [0.15, 0.2) is 40.2 Å². The molecule has 0 saturated heterocycles. The zero-order chi connectivity index (χ0) is 21.5. The summed E-state index contributed by atoms with van der Waals surface area (Å²) in [6.45, 7) is 0. The number of aromatic nitrogens is 5. The fraction of sp³-hybridized carbons (Fsp3) is 0.150. The number of hydrogen-bond acceptors (Lipinski definition) is 7. The lowest BCUT2D eigenvalue weighted by Gasteiger charge is -2.07. The number of rotatable bonds is 4. The van der Waals surface area contributed by atoms with Crippen LogP contribution in [0, 0.1) is 11.3 Å². The predicted molar refractivity (Wildman–Crippen MR) is 113 cm³/mol. The van der Waals surface area contributed by atoms with Crippen molar-refractivity contribution >= 4 is 34.8 Å². The van der Waals surface area contributed by atoms with Crippen molar-refractivity contribution < 1.29 is 5.11 Å². The van der Waals surface area contributed by atoms with Gasteiger partial charge in [0, 0.05) is 17.0 Å². The predicted octanol–water partition coefficient (Wildman–Crippen LogP) is 1.33. The van der Waals surface area contributed by atoms with E-state index in [0.717, 1.165) is 12.8 Å². The minimum atomic E-state index is -0.516. The molecule has 1 aliphatic carbocycles. The maximum absolute atomic E-state index is 11.4. The Kier molecular flexibility index (Phi) is 4.45. The molecule has 0 atom stereocenters. The van der Waals surface area contributed by atoms with E-state index in [-0.39, 0.29) is 17.6 Å². The lowest BCUT2D eigenvalue weighted by Crippen LogP contribution is -2.19. The van der Waals surface area contributed by atoms with Crippen molar-refractivity contribution in [3.05, 3.63) is 67.9 Å².